The Labute approximate surface area is 122 Å². The molecule has 0 saturated carbocycles. The molecule has 0 fully saturated rings. The van der Waals surface area contributed by atoms with E-state index in [1.807, 2.05) is 18.2 Å². The summed E-state index contributed by atoms with van der Waals surface area (Å²) in [6.45, 7) is 3.17. The van der Waals surface area contributed by atoms with Crippen molar-refractivity contribution < 1.29 is 13.2 Å². The highest BCUT2D eigenvalue weighted by atomic mass is 19.2. The minimum absolute atomic E-state index is 0.315. The van der Waals surface area contributed by atoms with Gasteiger partial charge in [-0.05, 0) is 42.1 Å². The Morgan fingerprint density at radius 2 is 1.62 bits per heavy atom. The molecule has 0 radical (unpaired) electrons. The summed E-state index contributed by atoms with van der Waals surface area (Å²) in [5.41, 5.74) is 1.66. The summed E-state index contributed by atoms with van der Waals surface area (Å²) in [5.74, 6) is -3.31. The normalized spacial score (nSPS) is 12.4. The third-order valence-corrected chi connectivity index (χ3v) is 3.50. The third-order valence-electron chi connectivity index (χ3n) is 3.50. The molecule has 0 aliphatic rings. The van der Waals surface area contributed by atoms with Crippen molar-refractivity contribution in [1.82, 2.24) is 5.32 Å². The lowest BCUT2D eigenvalue weighted by atomic mass is 9.98. The minimum atomic E-state index is -1.42. The molecule has 1 nitrogen and oxygen atoms in total. The second-order valence-electron chi connectivity index (χ2n) is 5.15. The predicted molar refractivity (Wildman–Crippen MR) is 77.5 cm³/mol. The summed E-state index contributed by atoms with van der Waals surface area (Å²) in [6, 6.07) is 12.2. The largest absolute Gasteiger partial charge is 0.313 e. The van der Waals surface area contributed by atoms with Crippen LogP contribution in [0.4, 0.5) is 13.2 Å². The molecule has 4 heteroatoms. The Hall–Kier alpha value is -1.81. The van der Waals surface area contributed by atoms with Crippen LogP contribution in [0.5, 0.6) is 0 Å². The monoisotopic (exact) mass is 293 g/mol. The molecule has 0 heterocycles. The zero-order valence-electron chi connectivity index (χ0n) is 11.9. The van der Waals surface area contributed by atoms with Gasteiger partial charge in [-0.25, -0.2) is 13.2 Å². The fraction of sp³-hybridized carbons (Fsp3) is 0.294. The van der Waals surface area contributed by atoms with Crippen LogP contribution in [0.25, 0.3) is 0 Å². The fourth-order valence-corrected chi connectivity index (χ4v) is 2.21. The number of rotatable bonds is 6. The number of halogens is 3. The highest BCUT2D eigenvalue weighted by Crippen LogP contribution is 2.18. The van der Waals surface area contributed by atoms with Crippen molar-refractivity contribution in [3.63, 3.8) is 0 Å². The molecule has 0 spiro atoms. The molecule has 2 rings (SSSR count). The van der Waals surface area contributed by atoms with Gasteiger partial charge >= 0.3 is 0 Å². The van der Waals surface area contributed by atoms with Crippen LogP contribution in [0.2, 0.25) is 0 Å². The van der Waals surface area contributed by atoms with Crippen molar-refractivity contribution in [2.24, 2.45) is 0 Å². The SMILES string of the molecule is CC(CCNCc1cc(F)c(F)c(F)c1)c1ccccc1. The van der Waals surface area contributed by atoms with E-state index in [1.54, 1.807) is 0 Å². The molecule has 0 bridgehead atoms. The average molecular weight is 293 g/mol. The number of hydrogen-bond donors (Lipinski definition) is 1. The standard InChI is InChI=1S/C17H18F3N/c1-12(14-5-3-2-4-6-14)7-8-21-11-13-9-15(18)17(20)16(19)10-13/h2-6,9-10,12,21H,7-8,11H2,1H3. The predicted octanol–water partition coefficient (Wildman–Crippen LogP) is 4.39. The van der Waals surface area contributed by atoms with E-state index in [2.05, 4.69) is 24.4 Å². The van der Waals surface area contributed by atoms with Crippen LogP contribution in [0.1, 0.15) is 30.4 Å². The fourth-order valence-electron chi connectivity index (χ4n) is 2.21. The van der Waals surface area contributed by atoms with Gasteiger partial charge in [0.2, 0.25) is 0 Å². The lowest BCUT2D eigenvalue weighted by molar-refractivity contribution is 0.444. The molecule has 21 heavy (non-hydrogen) atoms. The third kappa shape index (κ3) is 4.33. The lowest BCUT2D eigenvalue weighted by Gasteiger charge is -2.12. The maximum Gasteiger partial charge on any atom is 0.194 e. The highest BCUT2D eigenvalue weighted by molar-refractivity contribution is 5.20. The Bertz CT molecular complexity index is 561. The van der Waals surface area contributed by atoms with Crippen molar-refractivity contribution in [1.29, 1.82) is 0 Å². The van der Waals surface area contributed by atoms with Crippen LogP contribution in [0.3, 0.4) is 0 Å². The number of nitrogens with one attached hydrogen (secondary N) is 1. The number of benzene rings is 2. The summed E-state index contributed by atoms with van der Waals surface area (Å²) in [5, 5.41) is 3.12. The molecule has 0 aliphatic carbocycles. The van der Waals surface area contributed by atoms with Gasteiger partial charge in [0, 0.05) is 6.54 Å². The van der Waals surface area contributed by atoms with Crippen LogP contribution in [0.15, 0.2) is 42.5 Å². The van der Waals surface area contributed by atoms with Gasteiger partial charge in [-0.3, -0.25) is 0 Å². The van der Waals surface area contributed by atoms with Crippen LogP contribution in [-0.4, -0.2) is 6.54 Å². The smallest absolute Gasteiger partial charge is 0.194 e. The lowest BCUT2D eigenvalue weighted by Crippen LogP contribution is -2.17. The van der Waals surface area contributed by atoms with E-state index >= 15 is 0 Å². The molecular formula is C17H18F3N. The summed E-state index contributed by atoms with van der Waals surface area (Å²) < 4.78 is 38.9. The summed E-state index contributed by atoms with van der Waals surface area (Å²) in [7, 11) is 0. The van der Waals surface area contributed by atoms with E-state index in [0.717, 1.165) is 25.1 Å². The summed E-state index contributed by atoms with van der Waals surface area (Å²) >= 11 is 0. The van der Waals surface area contributed by atoms with Crippen LogP contribution < -0.4 is 5.32 Å². The Morgan fingerprint density at radius 1 is 1.00 bits per heavy atom. The molecule has 1 N–H and O–H groups in total. The van der Waals surface area contributed by atoms with E-state index in [0.29, 0.717) is 18.0 Å². The maximum absolute atomic E-state index is 13.1. The van der Waals surface area contributed by atoms with Gasteiger partial charge in [0.25, 0.3) is 0 Å². The van der Waals surface area contributed by atoms with Crippen molar-refractivity contribution in [3.8, 4) is 0 Å². The molecule has 0 aromatic heterocycles. The quantitative estimate of drug-likeness (QED) is 0.615. The van der Waals surface area contributed by atoms with Gasteiger partial charge in [-0.1, -0.05) is 37.3 Å². The van der Waals surface area contributed by atoms with E-state index in [-0.39, 0.29) is 0 Å². The first-order valence-corrected chi connectivity index (χ1v) is 6.97. The number of hydrogen-bond acceptors (Lipinski definition) is 1. The van der Waals surface area contributed by atoms with E-state index in [9.17, 15) is 13.2 Å². The molecule has 1 unspecified atom stereocenters. The minimum Gasteiger partial charge on any atom is -0.313 e. The summed E-state index contributed by atoms with van der Waals surface area (Å²) in [4.78, 5) is 0. The van der Waals surface area contributed by atoms with Gasteiger partial charge in [0.05, 0.1) is 0 Å². The zero-order chi connectivity index (χ0) is 15.2. The second-order valence-corrected chi connectivity index (χ2v) is 5.15. The first-order chi connectivity index (χ1) is 10.1. The van der Waals surface area contributed by atoms with Gasteiger partial charge in [-0.15, -0.1) is 0 Å². The molecule has 0 saturated heterocycles. The van der Waals surface area contributed by atoms with Crippen molar-refractivity contribution >= 4 is 0 Å². The average Bonchev–Trinajstić information content (AvgIpc) is 2.49. The van der Waals surface area contributed by atoms with Gasteiger partial charge in [-0.2, -0.15) is 0 Å². The molecular weight excluding hydrogens is 275 g/mol. The van der Waals surface area contributed by atoms with Gasteiger partial charge < -0.3 is 5.32 Å². The highest BCUT2D eigenvalue weighted by Gasteiger charge is 2.10. The molecule has 2 aromatic rings. The van der Waals surface area contributed by atoms with E-state index < -0.39 is 17.5 Å². The molecule has 2 aromatic carbocycles. The molecule has 112 valence electrons. The van der Waals surface area contributed by atoms with Crippen molar-refractivity contribution in [2.45, 2.75) is 25.8 Å². The molecule has 1 atom stereocenters. The Balaban J connectivity index is 1.80. The molecule has 0 amide bonds. The maximum atomic E-state index is 13.1. The topological polar surface area (TPSA) is 12.0 Å². The first-order valence-electron chi connectivity index (χ1n) is 6.97. The second kappa shape index (κ2) is 7.27. The Kier molecular flexibility index (Phi) is 5.39. The zero-order valence-corrected chi connectivity index (χ0v) is 11.9. The van der Waals surface area contributed by atoms with Crippen LogP contribution in [0, 0.1) is 17.5 Å². The first kappa shape index (κ1) is 15.6. The van der Waals surface area contributed by atoms with Gasteiger partial charge in [0.15, 0.2) is 17.5 Å². The Morgan fingerprint density at radius 3 is 2.24 bits per heavy atom. The van der Waals surface area contributed by atoms with Crippen molar-refractivity contribution in [2.75, 3.05) is 6.54 Å². The van der Waals surface area contributed by atoms with Gasteiger partial charge in [0.1, 0.15) is 0 Å². The molecule has 0 aliphatic heterocycles. The van der Waals surface area contributed by atoms with E-state index in [4.69, 9.17) is 0 Å². The van der Waals surface area contributed by atoms with Crippen molar-refractivity contribution in [3.05, 3.63) is 71.0 Å². The van der Waals surface area contributed by atoms with Crippen LogP contribution >= 0.6 is 0 Å². The van der Waals surface area contributed by atoms with E-state index in [1.165, 1.54) is 5.56 Å². The van der Waals surface area contributed by atoms with Crippen LogP contribution in [-0.2, 0) is 6.54 Å². The summed E-state index contributed by atoms with van der Waals surface area (Å²) in [6.07, 6.45) is 0.913.